The summed E-state index contributed by atoms with van der Waals surface area (Å²) in [5, 5.41) is 4.18. The standard InChI is InChI=1S/C26H24F3N5O/c1-3-35-34-16(2)20-8-7-19(14-21(20)26(27,28)29)24-11-9-22(30)25(33-24)32-15-17-6-10-23-18(13-17)5-4-12-31-23/h4-14,34H,2-3,15,30H2,1H3,(H,32,33). The van der Waals surface area contributed by atoms with Gasteiger partial charge in [0.15, 0.2) is 0 Å². The van der Waals surface area contributed by atoms with Gasteiger partial charge < -0.3 is 11.1 Å². The summed E-state index contributed by atoms with van der Waals surface area (Å²) < 4.78 is 41.5. The van der Waals surface area contributed by atoms with Gasteiger partial charge in [-0.05, 0) is 48.9 Å². The van der Waals surface area contributed by atoms with Crippen molar-refractivity contribution in [3.05, 3.63) is 90.1 Å². The van der Waals surface area contributed by atoms with Crippen molar-refractivity contribution >= 4 is 28.1 Å². The molecular formula is C26H24F3N5O. The van der Waals surface area contributed by atoms with E-state index in [4.69, 9.17) is 10.6 Å². The molecule has 4 rings (SSSR count). The summed E-state index contributed by atoms with van der Waals surface area (Å²) in [5.41, 5.74) is 10.5. The van der Waals surface area contributed by atoms with Crippen LogP contribution in [0, 0.1) is 0 Å². The summed E-state index contributed by atoms with van der Waals surface area (Å²) in [7, 11) is 0. The Morgan fingerprint density at radius 1 is 1.09 bits per heavy atom. The number of rotatable bonds is 8. The number of pyridine rings is 2. The molecule has 180 valence electrons. The van der Waals surface area contributed by atoms with Gasteiger partial charge in [-0.25, -0.2) is 4.98 Å². The number of nitrogens with one attached hydrogen (secondary N) is 2. The fourth-order valence-electron chi connectivity index (χ4n) is 3.61. The molecule has 6 nitrogen and oxygen atoms in total. The van der Waals surface area contributed by atoms with Crippen molar-refractivity contribution in [1.29, 1.82) is 0 Å². The molecule has 0 fully saturated rings. The van der Waals surface area contributed by atoms with Crippen LogP contribution >= 0.6 is 0 Å². The summed E-state index contributed by atoms with van der Waals surface area (Å²) in [4.78, 5) is 13.8. The highest BCUT2D eigenvalue weighted by molar-refractivity contribution is 5.79. The number of hydroxylamine groups is 1. The number of anilines is 2. The third kappa shape index (κ3) is 5.52. The topological polar surface area (TPSA) is 85.1 Å². The first-order valence-corrected chi connectivity index (χ1v) is 10.9. The summed E-state index contributed by atoms with van der Waals surface area (Å²) in [6, 6.07) is 16.9. The van der Waals surface area contributed by atoms with E-state index in [2.05, 4.69) is 27.3 Å². The molecule has 0 aliphatic rings. The first-order valence-electron chi connectivity index (χ1n) is 10.9. The van der Waals surface area contributed by atoms with Crippen molar-refractivity contribution in [2.45, 2.75) is 19.6 Å². The number of fused-ring (bicyclic) bond motifs is 1. The minimum atomic E-state index is -4.60. The predicted octanol–water partition coefficient (Wildman–Crippen LogP) is 6.02. The number of hydrogen-bond donors (Lipinski definition) is 3. The largest absolute Gasteiger partial charge is 0.417 e. The van der Waals surface area contributed by atoms with E-state index in [-0.39, 0.29) is 17.9 Å². The van der Waals surface area contributed by atoms with Crippen molar-refractivity contribution in [3.63, 3.8) is 0 Å². The molecule has 0 amide bonds. The maximum atomic E-state index is 13.8. The zero-order chi connectivity index (χ0) is 25.0. The van der Waals surface area contributed by atoms with Crippen LogP contribution in [0.2, 0.25) is 0 Å². The first kappa shape index (κ1) is 24.0. The number of alkyl halides is 3. The first-order chi connectivity index (χ1) is 16.8. The SMILES string of the molecule is C=C(NOCC)c1ccc(-c2ccc(N)c(NCc3ccc4ncccc4c3)n2)cc1C(F)(F)F. The van der Waals surface area contributed by atoms with Crippen LogP contribution in [0.25, 0.3) is 27.9 Å². The minimum Gasteiger partial charge on any atom is -0.396 e. The molecule has 0 aliphatic heterocycles. The molecule has 0 aliphatic carbocycles. The Morgan fingerprint density at radius 3 is 2.69 bits per heavy atom. The number of halogens is 3. The zero-order valence-electron chi connectivity index (χ0n) is 19.0. The van der Waals surface area contributed by atoms with E-state index in [1.165, 1.54) is 6.07 Å². The van der Waals surface area contributed by atoms with Crippen LogP contribution in [0.4, 0.5) is 24.7 Å². The van der Waals surface area contributed by atoms with Gasteiger partial charge in [0, 0.05) is 29.3 Å². The van der Waals surface area contributed by atoms with E-state index in [1.807, 2.05) is 30.3 Å². The molecule has 0 saturated carbocycles. The lowest BCUT2D eigenvalue weighted by atomic mass is 9.99. The van der Waals surface area contributed by atoms with Gasteiger partial charge in [0.1, 0.15) is 5.82 Å². The van der Waals surface area contributed by atoms with Crippen molar-refractivity contribution in [3.8, 4) is 11.3 Å². The highest BCUT2D eigenvalue weighted by atomic mass is 19.4. The lowest BCUT2D eigenvalue weighted by molar-refractivity contribution is -0.137. The maximum Gasteiger partial charge on any atom is 0.417 e. The number of aromatic nitrogens is 2. The van der Waals surface area contributed by atoms with Crippen LogP contribution < -0.4 is 16.5 Å². The molecule has 2 aromatic heterocycles. The fraction of sp³-hybridized carbons (Fsp3) is 0.154. The number of nitrogen functional groups attached to an aromatic ring is 1. The van der Waals surface area contributed by atoms with Gasteiger partial charge >= 0.3 is 6.18 Å². The second-order valence-corrected chi connectivity index (χ2v) is 7.79. The van der Waals surface area contributed by atoms with Crippen LogP contribution in [0.5, 0.6) is 0 Å². The Labute approximate surface area is 200 Å². The molecule has 9 heteroatoms. The molecule has 4 N–H and O–H groups in total. The third-order valence-corrected chi connectivity index (χ3v) is 5.34. The van der Waals surface area contributed by atoms with E-state index >= 15 is 0 Å². The molecule has 0 spiro atoms. The van der Waals surface area contributed by atoms with Crippen LogP contribution in [0.1, 0.15) is 23.6 Å². The molecule has 0 bridgehead atoms. The lowest BCUT2D eigenvalue weighted by Gasteiger charge is -2.17. The summed E-state index contributed by atoms with van der Waals surface area (Å²) >= 11 is 0. The van der Waals surface area contributed by atoms with Gasteiger partial charge in [0.05, 0.1) is 34.8 Å². The summed E-state index contributed by atoms with van der Waals surface area (Å²) in [5.74, 6) is 0.383. The molecule has 0 unspecified atom stereocenters. The average molecular weight is 480 g/mol. The molecule has 2 heterocycles. The predicted molar refractivity (Wildman–Crippen MR) is 132 cm³/mol. The molecule has 0 radical (unpaired) electrons. The number of nitrogens with two attached hydrogens (primary N) is 1. The lowest BCUT2D eigenvalue weighted by Crippen LogP contribution is -2.16. The Bertz CT molecular complexity index is 1370. The molecule has 2 aromatic carbocycles. The second-order valence-electron chi connectivity index (χ2n) is 7.79. The van der Waals surface area contributed by atoms with Gasteiger partial charge in [0.2, 0.25) is 0 Å². The monoisotopic (exact) mass is 479 g/mol. The smallest absolute Gasteiger partial charge is 0.396 e. The van der Waals surface area contributed by atoms with Crippen molar-refractivity contribution in [1.82, 2.24) is 15.4 Å². The number of hydrogen-bond acceptors (Lipinski definition) is 6. The average Bonchev–Trinajstić information content (AvgIpc) is 2.85. The Hall–Kier alpha value is -4.11. The highest BCUT2D eigenvalue weighted by Crippen LogP contribution is 2.37. The minimum absolute atomic E-state index is 0.0175. The van der Waals surface area contributed by atoms with Crippen LogP contribution in [-0.4, -0.2) is 16.6 Å². The van der Waals surface area contributed by atoms with Gasteiger partial charge in [-0.2, -0.15) is 13.2 Å². The Morgan fingerprint density at radius 2 is 1.91 bits per heavy atom. The van der Waals surface area contributed by atoms with Crippen LogP contribution in [0.15, 0.2) is 73.4 Å². The van der Waals surface area contributed by atoms with E-state index in [0.717, 1.165) is 22.5 Å². The number of nitrogens with zero attached hydrogens (tertiary/aromatic N) is 2. The molecular weight excluding hydrogens is 455 g/mol. The zero-order valence-corrected chi connectivity index (χ0v) is 19.0. The van der Waals surface area contributed by atoms with Crippen molar-refractivity contribution in [2.24, 2.45) is 0 Å². The molecule has 0 saturated heterocycles. The van der Waals surface area contributed by atoms with E-state index in [9.17, 15) is 13.2 Å². The summed E-state index contributed by atoms with van der Waals surface area (Å²) in [6.45, 7) is 6.08. The van der Waals surface area contributed by atoms with Gasteiger partial charge in [-0.3, -0.25) is 15.3 Å². The highest BCUT2D eigenvalue weighted by Gasteiger charge is 2.34. The Balaban J connectivity index is 1.61. The van der Waals surface area contributed by atoms with E-state index < -0.39 is 11.7 Å². The van der Waals surface area contributed by atoms with E-state index in [0.29, 0.717) is 29.3 Å². The van der Waals surface area contributed by atoms with Crippen molar-refractivity contribution in [2.75, 3.05) is 17.7 Å². The van der Waals surface area contributed by atoms with Crippen LogP contribution in [0.3, 0.4) is 0 Å². The van der Waals surface area contributed by atoms with Crippen LogP contribution in [-0.2, 0) is 17.6 Å². The summed E-state index contributed by atoms with van der Waals surface area (Å²) in [6.07, 6.45) is -2.86. The van der Waals surface area contributed by atoms with Gasteiger partial charge in [0.25, 0.3) is 0 Å². The molecule has 0 atom stereocenters. The van der Waals surface area contributed by atoms with Gasteiger partial charge in [-0.15, -0.1) is 0 Å². The molecule has 35 heavy (non-hydrogen) atoms. The third-order valence-electron chi connectivity index (χ3n) is 5.34. The van der Waals surface area contributed by atoms with E-state index in [1.54, 1.807) is 31.3 Å². The Kier molecular flexibility index (Phi) is 6.88. The number of benzene rings is 2. The van der Waals surface area contributed by atoms with Crippen molar-refractivity contribution < 1.29 is 18.0 Å². The fourth-order valence-corrected chi connectivity index (χ4v) is 3.61. The second kappa shape index (κ2) is 10.0. The quantitative estimate of drug-likeness (QED) is 0.268. The normalized spacial score (nSPS) is 11.4. The maximum absolute atomic E-state index is 13.8. The molecule has 4 aromatic rings. The van der Waals surface area contributed by atoms with Gasteiger partial charge in [-0.1, -0.05) is 30.8 Å².